The van der Waals surface area contributed by atoms with Crippen LogP contribution in [0.2, 0.25) is 0 Å². The van der Waals surface area contributed by atoms with Gasteiger partial charge in [-0.25, -0.2) is 0 Å². The van der Waals surface area contributed by atoms with Gasteiger partial charge in [-0.15, -0.1) is 0 Å². The van der Waals surface area contributed by atoms with Gasteiger partial charge in [-0.3, -0.25) is 0 Å². The number of hydrogen-bond donors (Lipinski definition) is 2. The maximum Gasteiger partial charge on any atom is 0.231 e. The summed E-state index contributed by atoms with van der Waals surface area (Å²) in [5, 5.41) is 18.0. The van der Waals surface area contributed by atoms with E-state index in [9.17, 15) is 0 Å². The molecule has 7 nitrogen and oxygen atoms in total. The number of nitrogens with one attached hydrogen (secondary N) is 2. The van der Waals surface area contributed by atoms with E-state index < -0.39 is 0 Å². The van der Waals surface area contributed by atoms with E-state index in [1.807, 2.05) is 0 Å². The lowest BCUT2D eigenvalue weighted by Crippen LogP contribution is -2.35. The van der Waals surface area contributed by atoms with Crippen LogP contribution in [0.25, 0.3) is 11.5 Å². The summed E-state index contributed by atoms with van der Waals surface area (Å²) in [5.74, 6) is 1.54. The lowest BCUT2D eigenvalue weighted by atomic mass is 9.94. The molecule has 21 heavy (non-hydrogen) atoms. The zero-order chi connectivity index (χ0) is 14.5. The van der Waals surface area contributed by atoms with E-state index in [2.05, 4.69) is 37.8 Å². The Balaban J connectivity index is 1.78. The van der Waals surface area contributed by atoms with Gasteiger partial charge in [0, 0.05) is 6.04 Å². The highest BCUT2D eigenvalue weighted by Gasteiger charge is 2.29. The third-order valence-corrected chi connectivity index (χ3v) is 4.08. The summed E-state index contributed by atoms with van der Waals surface area (Å²) in [7, 11) is 0. The maximum absolute atomic E-state index is 5.51. The third-order valence-electron chi connectivity index (χ3n) is 4.08. The van der Waals surface area contributed by atoms with Crippen LogP contribution in [0.15, 0.2) is 10.7 Å². The molecule has 2 aromatic heterocycles. The Morgan fingerprint density at radius 2 is 2.24 bits per heavy atom. The molecule has 114 valence electrons. The maximum atomic E-state index is 5.51. The van der Waals surface area contributed by atoms with E-state index in [1.54, 1.807) is 6.20 Å². The van der Waals surface area contributed by atoms with Crippen LogP contribution in [0.4, 0.5) is 0 Å². The Kier molecular flexibility index (Phi) is 4.59. The van der Waals surface area contributed by atoms with Crippen molar-refractivity contribution in [2.24, 2.45) is 0 Å². The largest absolute Gasteiger partial charge is 0.339 e. The Bertz CT molecular complexity index is 537. The molecule has 0 spiro atoms. The average Bonchev–Trinajstić information content (AvgIpc) is 3.13. The van der Waals surface area contributed by atoms with E-state index in [0.29, 0.717) is 23.5 Å². The van der Waals surface area contributed by atoms with Gasteiger partial charge < -0.3 is 9.84 Å². The predicted octanol–water partition coefficient (Wildman–Crippen LogP) is 2.27. The van der Waals surface area contributed by atoms with Crippen LogP contribution in [-0.4, -0.2) is 38.1 Å². The molecule has 2 atom stereocenters. The second-order valence-corrected chi connectivity index (χ2v) is 5.62. The molecule has 0 aliphatic heterocycles. The molecule has 0 saturated heterocycles. The number of aromatic nitrogens is 5. The molecule has 1 fully saturated rings. The second kappa shape index (κ2) is 6.80. The standard InChI is InChI=1S/C14H22N6O/c1-2-8-15-11-7-5-3-4-6-10(11)14-17-13(19-21-14)12-9-16-20-18-12/h9-11,15H,2-8H2,1H3,(H,16,18,20). The van der Waals surface area contributed by atoms with Gasteiger partial charge in [0.2, 0.25) is 11.7 Å². The fraction of sp³-hybridized carbons (Fsp3) is 0.714. The van der Waals surface area contributed by atoms with Crippen LogP contribution >= 0.6 is 0 Å². The van der Waals surface area contributed by atoms with Crippen molar-refractivity contribution in [2.75, 3.05) is 6.54 Å². The van der Waals surface area contributed by atoms with Gasteiger partial charge in [0.25, 0.3) is 0 Å². The summed E-state index contributed by atoms with van der Waals surface area (Å²) in [5.41, 5.74) is 0.622. The normalized spacial score (nSPS) is 23.1. The van der Waals surface area contributed by atoms with Crippen molar-refractivity contribution >= 4 is 0 Å². The van der Waals surface area contributed by atoms with Crippen LogP contribution in [0.1, 0.15) is 57.3 Å². The summed E-state index contributed by atoms with van der Waals surface area (Å²) < 4.78 is 5.51. The predicted molar refractivity (Wildman–Crippen MR) is 77.6 cm³/mol. The number of hydrogen-bond acceptors (Lipinski definition) is 6. The Morgan fingerprint density at radius 3 is 3.05 bits per heavy atom. The van der Waals surface area contributed by atoms with Crippen LogP contribution in [-0.2, 0) is 0 Å². The number of nitrogens with zero attached hydrogens (tertiary/aromatic N) is 4. The molecular formula is C14H22N6O. The summed E-state index contributed by atoms with van der Waals surface area (Å²) in [6, 6.07) is 0.429. The molecule has 2 N–H and O–H groups in total. The number of aromatic amines is 1. The minimum Gasteiger partial charge on any atom is -0.339 e. The highest BCUT2D eigenvalue weighted by molar-refractivity contribution is 5.44. The first kappa shape index (κ1) is 14.2. The Hall–Kier alpha value is -1.76. The minimum absolute atomic E-state index is 0.298. The highest BCUT2D eigenvalue weighted by atomic mass is 16.5. The summed E-state index contributed by atoms with van der Waals surface area (Å²) in [4.78, 5) is 4.54. The number of rotatable bonds is 5. The van der Waals surface area contributed by atoms with Gasteiger partial charge in [-0.05, 0) is 25.8 Å². The highest BCUT2D eigenvalue weighted by Crippen LogP contribution is 2.32. The van der Waals surface area contributed by atoms with Crippen LogP contribution in [0, 0.1) is 0 Å². The van der Waals surface area contributed by atoms with Gasteiger partial charge in [-0.2, -0.15) is 20.4 Å². The molecular weight excluding hydrogens is 268 g/mol. The molecule has 1 saturated carbocycles. The summed E-state index contributed by atoms with van der Waals surface area (Å²) in [6.07, 6.45) is 8.78. The monoisotopic (exact) mass is 290 g/mol. The van der Waals surface area contributed by atoms with Crippen molar-refractivity contribution < 1.29 is 4.52 Å². The lowest BCUT2D eigenvalue weighted by molar-refractivity contribution is 0.304. The van der Waals surface area contributed by atoms with Crippen molar-refractivity contribution in [1.29, 1.82) is 0 Å². The van der Waals surface area contributed by atoms with Crippen molar-refractivity contribution in [3.05, 3.63) is 12.1 Å². The third kappa shape index (κ3) is 3.29. The first-order chi connectivity index (χ1) is 10.4. The molecule has 2 unspecified atom stereocenters. The number of H-pyrrole nitrogens is 1. The smallest absolute Gasteiger partial charge is 0.231 e. The van der Waals surface area contributed by atoms with E-state index >= 15 is 0 Å². The molecule has 0 radical (unpaired) electrons. The molecule has 1 aliphatic carbocycles. The van der Waals surface area contributed by atoms with Crippen LogP contribution in [0.5, 0.6) is 0 Å². The molecule has 2 aromatic rings. The molecule has 0 amide bonds. The van der Waals surface area contributed by atoms with E-state index in [0.717, 1.165) is 25.3 Å². The fourth-order valence-corrected chi connectivity index (χ4v) is 2.98. The molecule has 1 aliphatic rings. The first-order valence-electron chi connectivity index (χ1n) is 7.81. The molecule has 2 heterocycles. The SMILES string of the molecule is CCCNC1CCCCCC1c1nc(-c2cn[nH]n2)no1. The minimum atomic E-state index is 0.298. The Labute approximate surface area is 123 Å². The second-order valence-electron chi connectivity index (χ2n) is 5.62. The summed E-state index contributed by atoms with van der Waals surface area (Å²) >= 11 is 0. The van der Waals surface area contributed by atoms with Gasteiger partial charge in [0.05, 0.1) is 12.1 Å². The topological polar surface area (TPSA) is 92.5 Å². The van der Waals surface area contributed by atoms with E-state index in [-0.39, 0.29) is 0 Å². The van der Waals surface area contributed by atoms with E-state index in [4.69, 9.17) is 4.52 Å². The average molecular weight is 290 g/mol. The van der Waals surface area contributed by atoms with E-state index in [1.165, 1.54) is 25.7 Å². The van der Waals surface area contributed by atoms with Crippen molar-refractivity contribution in [3.8, 4) is 11.5 Å². The lowest BCUT2D eigenvalue weighted by Gasteiger charge is -2.23. The summed E-state index contributed by atoms with van der Waals surface area (Å²) in [6.45, 7) is 3.22. The van der Waals surface area contributed by atoms with Gasteiger partial charge in [0.15, 0.2) is 5.69 Å². The molecule has 3 rings (SSSR count). The quantitative estimate of drug-likeness (QED) is 0.821. The zero-order valence-electron chi connectivity index (χ0n) is 12.4. The van der Waals surface area contributed by atoms with Gasteiger partial charge >= 0.3 is 0 Å². The zero-order valence-corrected chi connectivity index (χ0v) is 12.4. The first-order valence-corrected chi connectivity index (χ1v) is 7.81. The van der Waals surface area contributed by atoms with Crippen LogP contribution in [0.3, 0.4) is 0 Å². The van der Waals surface area contributed by atoms with Gasteiger partial charge in [-0.1, -0.05) is 31.3 Å². The van der Waals surface area contributed by atoms with Crippen LogP contribution < -0.4 is 5.32 Å². The molecule has 0 aromatic carbocycles. The van der Waals surface area contributed by atoms with Crippen molar-refractivity contribution in [1.82, 2.24) is 30.9 Å². The Morgan fingerprint density at radius 1 is 1.33 bits per heavy atom. The van der Waals surface area contributed by atoms with Gasteiger partial charge in [0.1, 0.15) is 0 Å². The van der Waals surface area contributed by atoms with Crippen molar-refractivity contribution in [3.63, 3.8) is 0 Å². The van der Waals surface area contributed by atoms with Crippen molar-refractivity contribution in [2.45, 2.75) is 57.4 Å². The molecule has 7 heteroatoms. The molecule has 0 bridgehead atoms. The fourth-order valence-electron chi connectivity index (χ4n) is 2.98.